The highest BCUT2D eigenvalue weighted by Crippen LogP contribution is 2.59. The summed E-state index contributed by atoms with van der Waals surface area (Å²) in [5.41, 5.74) is 2.42. The second-order valence-electron chi connectivity index (χ2n) is 6.68. The Kier molecular flexibility index (Phi) is 2.96. The number of aryl methyl sites for hydroxylation is 1. The SMILES string of the molecule is Cc1ccc2c(c1)OCCN2C(=O)C1CC12CCNCC2. The molecule has 2 heterocycles. The molecule has 1 aliphatic carbocycles. The van der Waals surface area contributed by atoms with E-state index in [1.54, 1.807) is 0 Å². The van der Waals surface area contributed by atoms with Crippen LogP contribution in [0.1, 0.15) is 24.8 Å². The van der Waals surface area contributed by atoms with E-state index in [4.69, 9.17) is 4.74 Å². The maximum atomic E-state index is 12.9. The zero-order chi connectivity index (χ0) is 14.4. The lowest BCUT2D eigenvalue weighted by Crippen LogP contribution is -2.41. The normalized spacial score (nSPS) is 26.1. The number of benzene rings is 1. The summed E-state index contributed by atoms with van der Waals surface area (Å²) in [6, 6.07) is 6.11. The molecule has 1 saturated carbocycles. The Balaban J connectivity index is 1.57. The van der Waals surface area contributed by atoms with E-state index in [0.717, 1.165) is 43.8 Å². The number of amides is 1. The quantitative estimate of drug-likeness (QED) is 0.859. The van der Waals surface area contributed by atoms with Crippen LogP contribution in [0.3, 0.4) is 0 Å². The maximum absolute atomic E-state index is 12.9. The van der Waals surface area contributed by atoms with Gasteiger partial charge in [-0.3, -0.25) is 4.79 Å². The van der Waals surface area contributed by atoms with Crippen molar-refractivity contribution in [2.45, 2.75) is 26.2 Å². The minimum absolute atomic E-state index is 0.229. The maximum Gasteiger partial charge on any atom is 0.230 e. The third kappa shape index (κ3) is 2.13. The highest BCUT2D eigenvalue weighted by molar-refractivity contribution is 5.99. The second kappa shape index (κ2) is 4.73. The standard InChI is InChI=1S/C17H22N2O2/c1-12-2-3-14-15(10-12)21-9-8-19(14)16(20)13-11-17(13)4-6-18-7-5-17/h2-3,10,13,18H,4-9,11H2,1H3. The molecule has 21 heavy (non-hydrogen) atoms. The van der Waals surface area contributed by atoms with Gasteiger partial charge in [-0.2, -0.15) is 0 Å². The average Bonchev–Trinajstić information content (AvgIpc) is 3.19. The van der Waals surface area contributed by atoms with Gasteiger partial charge in [-0.1, -0.05) is 6.07 Å². The van der Waals surface area contributed by atoms with Crippen LogP contribution in [0.2, 0.25) is 0 Å². The predicted molar refractivity (Wildman–Crippen MR) is 81.7 cm³/mol. The number of carbonyl (C=O) groups is 1. The lowest BCUT2D eigenvalue weighted by molar-refractivity contribution is -0.121. The van der Waals surface area contributed by atoms with E-state index in [0.29, 0.717) is 24.5 Å². The summed E-state index contributed by atoms with van der Waals surface area (Å²) in [7, 11) is 0. The number of fused-ring (bicyclic) bond motifs is 1. The van der Waals surface area contributed by atoms with Crippen LogP contribution in [-0.4, -0.2) is 32.1 Å². The number of nitrogens with one attached hydrogen (secondary N) is 1. The molecule has 1 saturated heterocycles. The summed E-state index contributed by atoms with van der Waals surface area (Å²) >= 11 is 0. The summed E-state index contributed by atoms with van der Waals surface area (Å²) < 4.78 is 5.72. The van der Waals surface area contributed by atoms with E-state index in [1.807, 2.05) is 17.0 Å². The largest absolute Gasteiger partial charge is 0.490 e. The molecule has 1 spiro atoms. The van der Waals surface area contributed by atoms with Crippen LogP contribution >= 0.6 is 0 Å². The minimum atomic E-state index is 0.229. The van der Waals surface area contributed by atoms with Crippen molar-refractivity contribution in [3.8, 4) is 5.75 Å². The monoisotopic (exact) mass is 286 g/mol. The van der Waals surface area contributed by atoms with E-state index in [9.17, 15) is 4.79 Å². The number of rotatable bonds is 1. The van der Waals surface area contributed by atoms with Gasteiger partial charge in [-0.15, -0.1) is 0 Å². The lowest BCUT2D eigenvalue weighted by atomic mass is 9.91. The molecule has 4 heteroatoms. The number of piperidine rings is 1. The molecule has 0 bridgehead atoms. The zero-order valence-corrected chi connectivity index (χ0v) is 12.5. The van der Waals surface area contributed by atoms with Gasteiger partial charge in [-0.25, -0.2) is 0 Å². The van der Waals surface area contributed by atoms with Crippen molar-refractivity contribution in [2.24, 2.45) is 11.3 Å². The summed E-state index contributed by atoms with van der Waals surface area (Å²) in [5.74, 6) is 1.40. The molecule has 1 aromatic rings. The fraction of sp³-hybridized carbons (Fsp3) is 0.588. The Labute approximate surface area is 125 Å². The molecule has 1 unspecified atom stereocenters. The first-order valence-corrected chi connectivity index (χ1v) is 7.95. The summed E-state index contributed by atoms with van der Waals surface area (Å²) in [5, 5.41) is 3.40. The van der Waals surface area contributed by atoms with Gasteiger partial charge >= 0.3 is 0 Å². The molecule has 0 aromatic heterocycles. The van der Waals surface area contributed by atoms with E-state index in [1.165, 1.54) is 5.56 Å². The Morgan fingerprint density at radius 3 is 3.00 bits per heavy atom. The Morgan fingerprint density at radius 2 is 2.19 bits per heavy atom. The Bertz CT molecular complexity index is 578. The first kappa shape index (κ1) is 13.1. The molecule has 3 aliphatic rings. The second-order valence-corrected chi connectivity index (χ2v) is 6.68. The van der Waals surface area contributed by atoms with Crippen LogP contribution in [0.4, 0.5) is 5.69 Å². The smallest absolute Gasteiger partial charge is 0.230 e. The Morgan fingerprint density at radius 1 is 1.38 bits per heavy atom. The van der Waals surface area contributed by atoms with Crippen LogP contribution in [0.15, 0.2) is 18.2 Å². The molecule has 0 radical (unpaired) electrons. The van der Waals surface area contributed by atoms with Gasteiger partial charge in [0.2, 0.25) is 5.91 Å². The van der Waals surface area contributed by atoms with Crippen molar-refractivity contribution in [1.82, 2.24) is 5.32 Å². The van der Waals surface area contributed by atoms with Crippen molar-refractivity contribution in [3.63, 3.8) is 0 Å². The lowest BCUT2D eigenvalue weighted by Gasteiger charge is -2.31. The number of hydrogen-bond donors (Lipinski definition) is 1. The molecule has 4 nitrogen and oxygen atoms in total. The molecule has 1 amide bonds. The first-order chi connectivity index (χ1) is 10.2. The number of nitrogens with zero attached hydrogens (tertiary/aromatic N) is 1. The average molecular weight is 286 g/mol. The number of hydrogen-bond acceptors (Lipinski definition) is 3. The van der Waals surface area contributed by atoms with Crippen LogP contribution < -0.4 is 15.0 Å². The zero-order valence-electron chi connectivity index (χ0n) is 12.5. The van der Waals surface area contributed by atoms with Gasteiger partial charge in [0, 0.05) is 5.92 Å². The molecular formula is C17H22N2O2. The third-order valence-electron chi connectivity index (χ3n) is 5.33. The van der Waals surface area contributed by atoms with Crippen LogP contribution in [0.25, 0.3) is 0 Å². The first-order valence-electron chi connectivity index (χ1n) is 7.95. The highest BCUT2D eigenvalue weighted by atomic mass is 16.5. The van der Waals surface area contributed by atoms with Gasteiger partial charge in [0.1, 0.15) is 12.4 Å². The molecule has 2 fully saturated rings. The van der Waals surface area contributed by atoms with E-state index < -0.39 is 0 Å². The van der Waals surface area contributed by atoms with E-state index in [2.05, 4.69) is 18.3 Å². The van der Waals surface area contributed by atoms with Crippen molar-refractivity contribution < 1.29 is 9.53 Å². The van der Waals surface area contributed by atoms with Crippen molar-refractivity contribution in [3.05, 3.63) is 23.8 Å². The highest BCUT2D eigenvalue weighted by Gasteiger charge is 2.58. The molecular weight excluding hydrogens is 264 g/mol. The van der Waals surface area contributed by atoms with Crippen molar-refractivity contribution in [1.29, 1.82) is 0 Å². The van der Waals surface area contributed by atoms with Crippen molar-refractivity contribution >= 4 is 11.6 Å². The van der Waals surface area contributed by atoms with E-state index >= 15 is 0 Å². The molecule has 112 valence electrons. The number of ether oxygens (including phenoxy) is 1. The van der Waals surface area contributed by atoms with Crippen LogP contribution in [-0.2, 0) is 4.79 Å². The predicted octanol–water partition coefficient (Wildman–Crippen LogP) is 2.11. The molecule has 1 aromatic carbocycles. The topological polar surface area (TPSA) is 41.6 Å². The van der Waals surface area contributed by atoms with Gasteiger partial charge in [0.25, 0.3) is 0 Å². The molecule has 4 rings (SSSR count). The molecule has 1 N–H and O–H groups in total. The fourth-order valence-corrected chi connectivity index (χ4v) is 3.92. The van der Waals surface area contributed by atoms with Crippen LogP contribution in [0.5, 0.6) is 5.75 Å². The van der Waals surface area contributed by atoms with Gasteiger partial charge in [0.15, 0.2) is 0 Å². The van der Waals surface area contributed by atoms with Crippen molar-refractivity contribution in [2.75, 3.05) is 31.1 Å². The van der Waals surface area contributed by atoms with Crippen LogP contribution in [0, 0.1) is 18.3 Å². The third-order valence-corrected chi connectivity index (χ3v) is 5.33. The summed E-state index contributed by atoms with van der Waals surface area (Å²) in [6.07, 6.45) is 3.37. The number of anilines is 1. The number of carbonyl (C=O) groups excluding carboxylic acids is 1. The van der Waals surface area contributed by atoms with Gasteiger partial charge in [-0.05, 0) is 62.4 Å². The minimum Gasteiger partial charge on any atom is -0.490 e. The summed E-state index contributed by atoms with van der Waals surface area (Å²) in [6.45, 7) is 5.45. The van der Waals surface area contributed by atoms with Gasteiger partial charge < -0.3 is 15.0 Å². The Hall–Kier alpha value is -1.55. The molecule has 2 aliphatic heterocycles. The van der Waals surface area contributed by atoms with E-state index in [-0.39, 0.29) is 5.92 Å². The fourth-order valence-electron chi connectivity index (χ4n) is 3.92. The molecule has 1 atom stereocenters. The summed E-state index contributed by atoms with van der Waals surface area (Å²) in [4.78, 5) is 14.9. The van der Waals surface area contributed by atoms with Gasteiger partial charge in [0.05, 0.1) is 12.2 Å².